The van der Waals surface area contributed by atoms with E-state index in [-0.39, 0.29) is 5.92 Å². The van der Waals surface area contributed by atoms with Gasteiger partial charge in [-0.25, -0.2) is 19.9 Å². The molecule has 2 atom stereocenters. The van der Waals surface area contributed by atoms with Crippen LogP contribution in [0.3, 0.4) is 0 Å². The maximum atomic E-state index is 5.09. The topological polar surface area (TPSA) is 59.7 Å². The summed E-state index contributed by atoms with van der Waals surface area (Å²) in [5, 5.41) is 2.40. The van der Waals surface area contributed by atoms with E-state index in [0.717, 1.165) is 59.5 Å². The highest BCUT2D eigenvalue weighted by Gasteiger charge is 2.38. The first-order valence-corrected chi connectivity index (χ1v) is 19.6. The molecule has 6 nitrogen and oxygen atoms in total. The molecule has 4 heterocycles. The van der Waals surface area contributed by atoms with Crippen LogP contribution in [0, 0.1) is 5.92 Å². The van der Waals surface area contributed by atoms with E-state index in [1.807, 2.05) is 30.5 Å². The third-order valence-corrected chi connectivity index (χ3v) is 11.6. The molecule has 0 saturated heterocycles. The lowest BCUT2D eigenvalue weighted by Crippen LogP contribution is -2.20. The first kappa shape index (κ1) is 32.5. The van der Waals surface area contributed by atoms with Crippen molar-refractivity contribution < 1.29 is 0 Å². The van der Waals surface area contributed by atoms with Crippen LogP contribution in [0.15, 0.2) is 187 Å². The Balaban J connectivity index is 1.02. The first-order chi connectivity index (χ1) is 27.8. The van der Waals surface area contributed by atoms with E-state index in [1.54, 1.807) is 5.57 Å². The van der Waals surface area contributed by atoms with Crippen molar-refractivity contribution >= 4 is 33.1 Å². The number of rotatable bonds is 6. The average Bonchev–Trinajstić information content (AvgIpc) is 3.79. The van der Waals surface area contributed by atoms with Crippen LogP contribution in [0.25, 0.3) is 56.0 Å². The minimum Gasteiger partial charge on any atom is -0.314 e. The number of allylic oxidation sites excluding steroid dienone is 10. The number of anilines is 1. The molecule has 0 amide bonds. The molecular formula is C50H38N6. The molecule has 56 heavy (non-hydrogen) atoms. The summed E-state index contributed by atoms with van der Waals surface area (Å²) in [7, 11) is 0. The fraction of sp³-hybridized carbons (Fsp3) is 0.120. The number of hydrogen-bond acceptors (Lipinski definition) is 5. The van der Waals surface area contributed by atoms with Gasteiger partial charge in [-0.2, -0.15) is 0 Å². The Labute approximate surface area is 325 Å². The van der Waals surface area contributed by atoms with E-state index >= 15 is 0 Å². The number of pyridine rings is 1. The van der Waals surface area contributed by atoms with Crippen molar-refractivity contribution in [2.75, 3.05) is 4.90 Å². The summed E-state index contributed by atoms with van der Waals surface area (Å²) >= 11 is 0. The van der Waals surface area contributed by atoms with Crippen molar-refractivity contribution in [1.29, 1.82) is 0 Å². The van der Waals surface area contributed by atoms with Crippen molar-refractivity contribution in [2.24, 2.45) is 5.92 Å². The van der Waals surface area contributed by atoms with Gasteiger partial charge in [-0.3, -0.25) is 4.57 Å². The number of hydrogen-bond donors (Lipinski definition) is 0. The van der Waals surface area contributed by atoms with Gasteiger partial charge in [-0.15, -0.1) is 0 Å². The Morgan fingerprint density at radius 2 is 1.45 bits per heavy atom. The number of nitrogens with zero attached hydrogens (tertiary/aromatic N) is 6. The summed E-state index contributed by atoms with van der Waals surface area (Å²) < 4.78 is 2.30. The van der Waals surface area contributed by atoms with E-state index in [1.165, 1.54) is 39.0 Å². The molecule has 3 aliphatic carbocycles. The SMILES string of the molecule is C1=CCC(c2nc(-c3ccccc3)nc(-c3ccnc(-n4c5ccccc5c5ccc(C6=CC=C7C(C6)C6=C(C=CCC6)N7c6ccccc6)cc54)c3)n2)C=C1. The molecule has 4 aliphatic rings. The van der Waals surface area contributed by atoms with Gasteiger partial charge in [0.25, 0.3) is 0 Å². The Hall–Kier alpha value is -6.92. The quantitative estimate of drug-likeness (QED) is 0.171. The van der Waals surface area contributed by atoms with Gasteiger partial charge in [0, 0.05) is 57.0 Å². The van der Waals surface area contributed by atoms with Gasteiger partial charge < -0.3 is 4.90 Å². The van der Waals surface area contributed by atoms with Gasteiger partial charge in [-0.1, -0.05) is 115 Å². The molecule has 0 fully saturated rings. The Morgan fingerprint density at radius 1 is 0.643 bits per heavy atom. The van der Waals surface area contributed by atoms with Gasteiger partial charge in [0.1, 0.15) is 11.6 Å². The van der Waals surface area contributed by atoms with Crippen LogP contribution in [0.2, 0.25) is 0 Å². The normalized spacial score (nSPS) is 18.7. The predicted molar refractivity (Wildman–Crippen MR) is 227 cm³/mol. The second-order valence-corrected chi connectivity index (χ2v) is 14.9. The smallest absolute Gasteiger partial charge is 0.163 e. The lowest BCUT2D eigenvalue weighted by Gasteiger charge is -2.28. The second-order valence-electron chi connectivity index (χ2n) is 14.9. The highest BCUT2D eigenvalue weighted by atomic mass is 15.2. The van der Waals surface area contributed by atoms with E-state index in [0.29, 0.717) is 17.6 Å². The molecule has 0 radical (unpaired) electrons. The fourth-order valence-electron chi connectivity index (χ4n) is 8.96. The first-order valence-electron chi connectivity index (χ1n) is 19.6. The minimum atomic E-state index is 0.0874. The van der Waals surface area contributed by atoms with Gasteiger partial charge in [0.2, 0.25) is 0 Å². The summed E-state index contributed by atoms with van der Waals surface area (Å²) in [5.74, 6) is 3.36. The van der Waals surface area contributed by atoms with Crippen LogP contribution in [-0.4, -0.2) is 24.5 Å². The zero-order valence-electron chi connectivity index (χ0n) is 30.8. The molecule has 1 aliphatic heterocycles. The van der Waals surface area contributed by atoms with Crippen LogP contribution in [0.5, 0.6) is 0 Å². The molecule has 4 aromatic carbocycles. The fourth-order valence-corrected chi connectivity index (χ4v) is 8.96. The Kier molecular flexibility index (Phi) is 7.80. The highest BCUT2D eigenvalue weighted by molar-refractivity contribution is 6.10. The summed E-state index contributed by atoms with van der Waals surface area (Å²) in [6.07, 6.45) is 23.8. The molecular weight excluding hydrogens is 685 g/mol. The number of aromatic nitrogens is 5. The Bertz CT molecular complexity index is 2870. The lowest BCUT2D eigenvalue weighted by atomic mass is 9.82. The molecule has 0 spiro atoms. The molecule has 0 N–H and O–H groups in total. The van der Waals surface area contributed by atoms with Gasteiger partial charge in [0.15, 0.2) is 11.6 Å². The number of para-hydroxylation sites is 2. The van der Waals surface area contributed by atoms with E-state index in [2.05, 4.69) is 149 Å². The number of benzene rings is 4. The van der Waals surface area contributed by atoms with Gasteiger partial charge in [0.05, 0.1) is 11.0 Å². The monoisotopic (exact) mass is 722 g/mol. The molecule has 268 valence electrons. The van der Waals surface area contributed by atoms with E-state index in [9.17, 15) is 0 Å². The third kappa shape index (κ3) is 5.48. The maximum absolute atomic E-state index is 5.09. The van der Waals surface area contributed by atoms with Gasteiger partial charge in [-0.05, 0) is 90.9 Å². The van der Waals surface area contributed by atoms with E-state index < -0.39 is 0 Å². The molecule has 6 heteroatoms. The van der Waals surface area contributed by atoms with Crippen LogP contribution in [0.1, 0.15) is 43.0 Å². The predicted octanol–water partition coefficient (Wildman–Crippen LogP) is 11.7. The molecule has 3 aromatic heterocycles. The standard InChI is InChI=1S/C50H38N6/c1-4-14-33(15-5-1)48-52-49(34-16-6-2-7-17-34)54-50(53-48)37-28-29-51-47(32-37)56-44-23-13-10-20-39(44)41-26-24-36(31-46(41)56)35-25-27-45-42(30-35)40-21-11-12-22-43(40)55(45)38-18-8-3-9-19-38/h1-10,12-16,18-20,22-29,31-32,34,42H,11,17,21,30H2. The molecule has 11 rings (SSSR count). The highest BCUT2D eigenvalue weighted by Crippen LogP contribution is 2.50. The van der Waals surface area contributed by atoms with Gasteiger partial charge >= 0.3 is 0 Å². The maximum Gasteiger partial charge on any atom is 0.163 e. The second kappa shape index (κ2) is 13.4. The lowest BCUT2D eigenvalue weighted by molar-refractivity contribution is 0.704. The van der Waals surface area contributed by atoms with Crippen molar-refractivity contribution in [3.05, 3.63) is 198 Å². The largest absolute Gasteiger partial charge is 0.314 e. The summed E-state index contributed by atoms with van der Waals surface area (Å²) in [4.78, 5) is 22.6. The Morgan fingerprint density at radius 3 is 2.30 bits per heavy atom. The van der Waals surface area contributed by atoms with Crippen molar-refractivity contribution in [2.45, 2.75) is 31.6 Å². The average molecular weight is 723 g/mol. The van der Waals surface area contributed by atoms with Crippen LogP contribution < -0.4 is 4.90 Å². The summed E-state index contributed by atoms with van der Waals surface area (Å²) in [6, 6.07) is 40.7. The van der Waals surface area contributed by atoms with Crippen molar-refractivity contribution in [1.82, 2.24) is 24.5 Å². The minimum absolute atomic E-state index is 0.0874. The summed E-state index contributed by atoms with van der Waals surface area (Å²) in [6.45, 7) is 0. The molecule has 2 unspecified atom stereocenters. The van der Waals surface area contributed by atoms with Crippen molar-refractivity contribution in [3.8, 4) is 28.6 Å². The van der Waals surface area contributed by atoms with Crippen LogP contribution in [0.4, 0.5) is 5.69 Å². The number of fused-ring (bicyclic) bond motifs is 5. The molecule has 0 bridgehead atoms. The summed E-state index contributed by atoms with van der Waals surface area (Å²) in [5.41, 5.74) is 12.2. The molecule has 0 saturated carbocycles. The van der Waals surface area contributed by atoms with Crippen LogP contribution in [-0.2, 0) is 0 Å². The third-order valence-electron chi connectivity index (χ3n) is 11.6. The zero-order chi connectivity index (χ0) is 37.0. The zero-order valence-corrected chi connectivity index (χ0v) is 30.8. The van der Waals surface area contributed by atoms with E-state index in [4.69, 9.17) is 19.9 Å². The molecule has 7 aromatic rings. The van der Waals surface area contributed by atoms with Crippen molar-refractivity contribution in [3.63, 3.8) is 0 Å². The van der Waals surface area contributed by atoms with Crippen LogP contribution >= 0.6 is 0 Å².